The number of para-hydroxylation sites is 1. The van der Waals surface area contributed by atoms with E-state index in [1.807, 2.05) is 66.7 Å². The van der Waals surface area contributed by atoms with Gasteiger partial charge in [0.25, 0.3) is 5.56 Å². The number of aromatic nitrogens is 2. The highest BCUT2D eigenvalue weighted by Crippen LogP contribution is 2.26. The molecule has 1 aromatic heterocycles. The SMILES string of the molecule is COc1ccc(-n2c(/C=C\c3cc(OC)ccc3OC)nc3ccccc3c2=O)cc1. The van der Waals surface area contributed by atoms with Gasteiger partial charge in [-0.25, -0.2) is 4.98 Å². The molecule has 0 unspecified atom stereocenters. The summed E-state index contributed by atoms with van der Waals surface area (Å²) in [4.78, 5) is 18.1. The number of methoxy groups -OCH3 is 3. The van der Waals surface area contributed by atoms with Gasteiger partial charge in [-0.2, -0.15) is 0 Å². The lowest BCUT2D eigenvalue weighted by Crippen LogP contribution is -2.22. The molecule has 31 heavy (non-hydrogen) atoms. The van der Waals surface area contributed by atoms with E-state index in [1.54, 1.807) is 38.0 Å². The Kier molecular flexibility index (Phi) is 5.71. The highest BCUT2D eigenvalue weighted by atomic mass is 16.5. The van der Waals surface area contributed by atoms with Crippen LogP contribution in [0.25, 0.3) is 28.7 Å². The van der Waals surface area contributed by atoms with Gasteiger partial charge in [0.05, 0.1) is 37.9 Å². The van der Waals surface area contributed by atoms with Crippen LogP contribution >= 0.6 is 0 Å². The van der Waals surface area contributed by atoms with Crippen molar-refractivity contribution in [3.63, 3.8) is 0 Å². The van der Waals surface area contributed by atoms with Crippen molar-refractivity contribution in [3.05, 3.63) is 88.5 Å². The quantitative estimate of drug-likeness (QED) is 0.462. The lowest BCUT2D eigenvalue weighted by Gasteiger charge is -2.12. The molecule has 0 aliphatic carbocycles. The third kappa shape index (κ3) is 4.00. The van der Waals surface area contributed by atoms with Crippen molar-refractivity contribution in [2.75, 3.05) is 21.3 Å². The second-order valence-corrected chi connectivity index (χ2v) is 6.77. The molecule has 0 spiro atoms. The molecule has 0 amide bonds. The first kappa shape index (κ1) is 20.2. The molecule has 0 N–H and O–H groups in total. The van der Waals surface area contributed by atoms with Crippen LogP contribution < -0.4 is 19.8 Å². The van der Waals surface area contributed by atoms with Crippen LogP contribution in [0.2, 0.25) is 0 Å². The van der Waals surface area contributed by atoms with Crippen LogP contribution in [-0.4, -0.2) is 30.9 Å². The molecule has 0 aliphatic heterocycles. The van der Waals surface area contributed by atoms with E-state index in [0.717, 1.165) is 5.56 Å². The molecule has 0 saturated carbocycles. The Balaban J connectivity index is 1.90. The summed E-state index contributed by atoms with van der Waals surface area (Å²) in [7, 11) is 4.83. The van der Waals surface area contributed by atoms with Gasteiger partial charge in [0.15, 0.2) is 0 Å². The van der Waals surface area contributed by atoms with Crippen LogP contribution in [0.3, 0.4) is 0 Å². The Morgan fingerprint density at radius 2 is 1.52 bits per heavy atom. The van der Waals surface area contributed by atoms with Crippen molar-refractivity contribution in [2.24, 2.45) is 0 Å². The molecular formula is C25H22N2O4. The molecule has 156 valence electrons. The predicted molar refractivity (Wildman–Crippen MR) is 122 cm³/mol. The number of benzene rings is 3. The number of fused-ring (bicyclic) bond motifs is 1. The third-order valence-electron chi connectivity index (χ3n) is 4.98. The summed E-state index contributed by atoms with van der Waals surface area (Å²) in [5, 5.41) is 0.550. The Morgan fingerprint density at radius 3 is 2.23 bits per heavy atom. The minimum atomic E-state index is -0.145. The summed E-state index contributed by atoms with van der Waals surface area (Å²) in [5.41, 5.74) is 1.99. The molecular weight excluding hydrogens is 392 g/mol. The average Bonchev–Trinajstić information content (AvgIpc) is 2.82. The molecule has 0 radical (unpaired) electrons. The van der Waals surface area contributed by atoms with Crippen molar-refractivity contribution >= 4 is 23.1 Å². The smallest absolute Gasteiger partial charge is 0.266 e. The van der Waals surface area contributed by atoms with Gasteiger partial charge in [0, 0.05) is 5.56 Å². The van der Waals surface area contributed by atoms with E-state index in [0.29, 0.717) is 39.7 Å². The summed E-state index contributed by atoms with van der Waals surface area (Å²) in [5.74, 6) is 2.61. The number of hydrogen-bond acceptors (Lipinski definition) is 5. The fourth-order valence-corrected chi connectivity index (χ4v) is 3.38. The van der Waals surface area contributed by atoms with Crippen molar-refractivity contribution in [3.8, 4) is 22.9 Å². The number of rotatable bonds is 6. The van der Waals surface area contributed by atoms with E-state index in [4.69, 9.17) is 19.2 Å². The van der Waals surface area contributed by atoms with Gasteiger partial charge in [-0.05, 0) is 66.7 Å². The molecule has 6 nitrogen and oxygen atoms in total. The van der Waals surface area contributed by atoms with Crippen LogP contribution in [0.1, 0.15) is 11.4 Å². The number of ether oxygens (including phenoxy) is 3. The van der Waals surface area contributed by atoms with E-state index >= 15 is 0 Å². The van der Waals surface area contributed by atoms with E-state index in [2.05, 4.69) is 0 Å². The van der Waals surface area contributed by atoms with Crippen molar-refractivity contribution in [1.29, 1.82) is 0 Å². The summed E-state index contributed by atoms with van der Waals surface area (Å²) in [6.45, 7) is 0. The van der Waals surface area contributed by atoms with E-state index < -0.39 is 0 Å². The van der Waals surface area contributed by atoms with Gasteiger partial charge in [-0.3, -0.25) is 9.36 Å². The molecule has 0 fully saturated rings. The Hall–Kier alpha value is -4.06. The lowest BCUT2D eigenvalue weighted by molar-refractivity contribution is 0.402. The summed E-state index contributed by atoms with van der Waals surface area (Å²) < 4.78 is 17.6. The fraction of sp³-hybridized carbons (Fsp3) is 0.120. The number of hydrogen-bond donors (Lipinski definition) is 0. The second kappa shape index (κ2) is 8.75. The van der Waals surface area contributed by atoms with Crippen LogP contribution in [0.5, 0.6) is 17.2 Å². The molecule has 6 heteroatoms. The van der Waals surface area contributed by atoms with Gasteiger partial charge in [-0.15, -0.1) is 0 Å². The highest BCUT2D eigenvalue weighted by molar-refractivity contribution is 5.80. The monoisotopic (exact) mass is 414 g/mol. The maximum Gasteiger partial charge on any atom is 0.266 e. The Labute approximate surface area is 180 Å². The van der Waals surface area contributed by atoms with Crippen LogP contribution in [0.15, 0.2) is 71.5 Å². The lowest BCUT2D eigenvalue weighted by atomic mass is 10.1. The maximum atomic E-state index is 13.4. The molecule has 1 heterocycles. The Morgan fingerprint density at radius 1 is 0.806 bits per heavy atom. The van der Waals surface area contributed by atoms with Crippen LogP contribution in [-0.2, 0) is 0 Å². The van der Waals surface area contributed by atoms with Gasteiger partial charge < -0.3 is 14.2 Å². The number of nitrogens with zero attached hydrogens (tertiary/aromatic N) is 2. The van der Waals surface area contributed by atoms with Crippen molar-refractivity contribution in [1.82, 2.24) is 9.55 Å². The van der Waals surface area contributed by atoms with Gasteiger partial charge in [0.2, 0.25) is 0 Å². The topological polar surface area (TPSA) is 62.6 Å². The predicted octanol–water partition coefficient (Wildman–Crippen LogP) is 4.58. The largest absolute Gasteiger partial charge is 0.497 e. The van der Waals surface area contributed by atoms with E-state index in [9.17, 15) is 4.79 Å². The van der Waals surface area contributed by atoms with Crippen molar-refractivity contribution < 1.29 is 14.2 Å². The first-order valence-electron chi connectivity index (χ1n) is 9.71. The van der Waals surface area contributed by atoms with E-state index in [1.165, 1.54) is 0 Å². The minimum Gasteiger partial charge on any atom is -0.497 e. The zero-order chi connectivity index (χ0) is 21.8. The second-order valence-electron chi connectivity index (χ2n) is 6.77. The van der Waals surface area contributed by atoms with Crippen LogP contribution in [0, 0.1) is 0 Å². The molecule has 4 rings (SSSR count). The molecule has 4 aromatic rings. The molecule has 0 aliphatic rings. The zero-order valence-electron chi connectivity index (χ0n) is 17.5. The highest BCUT2D eigenvalue weighted by Gasteiger charge is 2.12. The minimum absolute atomic E-state index is 0.145. The molecule has 3 aromatic carbocycles. The molecule has 0 bridgehead atoms. The Bertz CT molecular complexity index is 1310. The normalized spacial score (nSPS) is 11.1. The zero-order valence-corrected chi connectivity index (χ0v) is 17.5. The van der Waals surface area contributed by atoms with E-state index in [-0.39, 0.29) is 5.56 Å². The summed E-state index contributed by atoms with van der Waals surface area (Å²) in [6, 6.07) is 20.1. The first-order chi connectivity index (χ1) is 15.1. The average molecular weight is 414 g/mol. The summed E-state index contributed by atoms with van der Waals surface area (Å²) >= 11 is 0. The molecule has 0 saturated heterocycles. The fourth-order valence-electron chi connectivity index (χ4n) is 3.38. The van der Waals surface area contributed by atoms with Gasteiger partial charge in [-0.1, -0.05) is 12.1 Å². The maximum absolute atomic E-state index is 13.4. The molecule has 0 atom stereocenters. The van der Waals surface area contributed by atoms with Crippen LogP contribution in [0.4, 0.5) is 0 Å². The van der Waals surface area contributed by atoms with Crippen molar-refractivity contribution in [2.45, 2.75) is 0 Å². The van der Waals surface area contributed by atoms with Gasteiger partial charge in [0.1, 0.15) is 23.1 Å². The summed E-state index contributed by atoms with van der Waals surface area (Å²) in [6.07, 6.45) is 3.66. The first-order valence-corrected chi connectivity index (χ1v) is 9.71. The standard InChI is InChI=1S/C25H22N2O4/c1-29-19-11-9-18(10-12-19)27-24(26-22-7-5-4-6-21(22)25(27)28)15-8-17-16-20(30-2)13-14-23(17)31-3/h4-16H,1-3H3/b15-8-. The third-order valence-corrected chi connectivity index (χ3v) is 4.98. The van der Waals surface area contributed by atoms with Gasteiger partial charge >= 0.3 is 0 Å².